The summed E-state index contributed by atoms with van der Waals surface area (Å²) in [6.45, 7) is 5.76. The highest BCUT2D eigenvalue weighted by molar-refractivity contribution is 5.89. The Hall–Kier alpha value is -2.64. The van der Waals surface area contributed by atoms with Gasteiger partial charge >= 0.3 is 6.09 Å². The quantitative estimate of drug-likeness (QED) is 0.648. The predicted molar refractivity (Wildman–Crippen MR) is 94.1 cm³/mol. The number of amides is 1. The molecule has 1 fully saturated rings. The Morgan fingerprint density at radius 1 is 1.28 bits per heavy atom. The molecule has 136 valence electrons. The number of nitrogens with zero attached hydrogens (tertiary/aromatic N) is 3. The van der Waals surface area contributed by atoms with Gasteiger partial charge < -0.3 is 9.94 Å². The van der Waals surface area contributed by atoms with Crippen LogP contribution in [0.5, 0.6) is 0 Å². The van der Waals surface area contributed by atoms with Gasteiger partial charge in [0, 0.05) is 23.9 Å². The molecule has 0 radical (unpaired) electrons. The number of hydrogen-bond acceptors (Lipinski definition) is 5. The lowest BCUT2D eigenvalue weighted by molar-refractivity contribution is -0.384. The van der Waals surface area contributed by atoms with Crippen molar-refractivity contribution in [3.8, 4) is 0 Å². The summed E-state index contributed by atoms with van der Waals surface area (Å²) in [6, 6.07) is 5.39. The average molecular weight is 349 g/mol. The van der Waals surface area contributed by atoms with E-state index in [1.165, 1.54) is 29.2 Å². The molecule has 8 nitrogen and oxygen atoms in total. The van der Waals surface area contributed by atoms with E-state index in [2.05, 4.69) is 5.16 Å². The number of anilines is 1. The van der Waals surface area contributed by atoms with Crippen LogP contribution in [-0.4, -0.2) is 33.5 Å². The maximum absolute atomic E-state index is 11.7. The van der Waals surface area contributed by atoms with Gasteiger partial charge in [-0.05, 0) is 58.6 Å². The molecule has 0 spiro atoms. The van der Waals surface area contributed by atoms with Gasteiger partial charge in [-0.2, -0.15) is 0 Å². The second kappa shape index (κ2) is 7.50. The van der Waals surface area contributed by atoms with Gasteiger partial charge in [-0.1, -0.05) is 5.16 Å². The zero-order valence-electron chi connectivity index (χ0n) is 14.6. The van der Waals surface area contributed by atoms with E-state index in [0.717, 1.165) is 5.71 Å². The fraction of sp³-hybridized carbons (Fsp3) is 0.529. The van der Waals surface area contributed by atoms with E-state index in [-0.39, 0.29) is 17.3 Å². The average Bonchev–Trinajstić information content (AvgIpc) is 2.54. The van der Waals surface area contributed by atoms with E-state index >= 15 is 0 Å². The highest BCUT2D eigenvalue weighted by atomic mass is 16.6. The van der Waals surface area contributed by atoms with Crippen LogP contribution in [0, 0.1) is 10.1 Å². The van der Waals surface area contributed by atoms with Crippen molar-refractivity contribution >= 4 is 23.2 Å². The Labute approximate surface area is 146 Å². The van der Waals surface area contributed by atoms with E-state index in [1.54, 1.807) is 0 Å². The van der Waals surface area contributed by atoms with Crippen LogP contribution in [-0.2, 0) is 4.84 Å². The number of nitro benzene ring substituents is 1. The molecule has 0 bridgehead atoms. The van der Waals surface area contributed by atoms with Crippen molar-refractivity contribution in [2.75, 3.05) is 4.90 Å². The lowest BCUT2D eigenvalue weighted by Crippen LogP contribution is -2.42. The smallest absolute Gasteiger partial charge is 0.412 e. The molecule has 1 aliphatic carbocycles. The van der Waals surface area contributed by atoms with Crippen LogP contribution in [0.3, 0.4) is 0 Å². The van der Waals surface area contributed by atoms with Gasteiger partial charge in [0.15, 0.2) is 0 Å². The van der Waals surface area contributed by atoms with Crippen molar-refractivity contribution < 1.29 is 19.7 Å². The van der Waals surface area contributed by atoms with Crippen LogP contribution < -0.4 is 4.90 Å². The van der Waals surface area contributed by atoms with E-state index in [0.29, 0.717) is 31.4 Å². The number of oxime groups is 1. The van der Waals surface area contributed by atoms with Gasteiger partial charge in [0.1, 0.15) is 5.60 Å². The van der Waals surface area contributed by atoms with Crippen molar-refractivity contribution in [1.29, 1.82) is 0 Å². The third kappa shape index (κ3) is 5.17. The van der Waals surface area contributed by atoms with Crippen LogP contribution in [0.15, 0.2) is 29.4 Å². The van der Waals surface area contributed by atoms with Crippen molar-refractivity contribution in [1.82, 2.24) is 0 Å². The second-order valence-corrected chi connectivity index (χ2v) is 7.02. The molecule has 1 aromatic carbocycles. The molecule has 0 atom stereocenters. The van der Waals surface area contributed by atoms with Crippen LogP contribution in [0.2, 0.25) is 0 Å². The first-order valence-electron chi connectivity index (χ1n) is 8.18. The third-order valence-electron chi connectivity index (χ3n) is 3.89. The normalized spacial score (nSPS) is 17.7. The molecule has 1 amide bonds. The largest absolute Gasteiger partial charge is 0.465 e. The molecule has 1 saturated carbocycles. The standard InChI is InChI=1S/C17H23N3O5/c1-17(2,3)25-18-12-4-6-13(7-5-12)19(16(21)22)14-8-10-15(11-9-14)20(23)24/h8-11,13H,4-7H2,1-3H3,(H,21,22). The summed E-state index contributed by atoms with van der Waals surface area (Å²) in [6.07, 6.45) is 1.53. The monoisotopic (exact) mass is 349 g/mol. The Balaban J connectivity index is 2.07. The number of nitro groups is 1. The maximum atomic E-state index is 11.7. The maximum Gasteiger partial charge on any atom is 0.412 e. The minimum absolute atomic E-state index is 0.0634. The van der Waals surface area contributed by atoms with Crippen molar-refractivity contribution in [3.63, 3.8) is 0 Å². The summed E-state index contributed by atoms with van der Waals surface area (Å²) >= 11 is 0. The summed E-state index contributed by atoms with van der Waals surface area (Å²) < 4.78 is 0. The van der Waals surface area contributed by atoms with Crippen LogP contribution in [0.1, 0.15) is 46.5 Å². The zero-order chi connectivity index (χ0) is 18.6. The molecule has 0 aromatic heterocycles. The second-order valence-electron chi connectivity index (χ2n) is 7.02. The van der Waals surface area contributed by atoms with Crippen LogP contribution in [0.4, 0.5) is 16.2 Å². The van der Waals surface area contributed by atoms with E-state index in [4.69, 9.17) is 4.84 Å². The van der Waals surface area contributed by atoms with E-state index in [1.807, 2.05) is 20.8 Å². The first kappa shape index (κ1) is 18.7. The Kier molecular flexibility index (Phi) is 5.61. The molecule has 25 heavy (non-hydrogen) atoms. The van der Waals surface area contributed by atoms with Crippen LogP contribution >= 0.6 is 0 Å². The number of carbonyl (C=O) groups is 1. The summed E-state index contributed by atoms with van der Waals surface area (Å²) in [5.74, 6) is 0. The predicted octanol–water partition coefficient (Wildman–Crippen LogP) is 4.19. The minimum Gasteiger partial charge on any atom is -0.465 e. The lowest BCUT2D eigenvalue weighted by Gasteiger charge is -2.32. The molecule has 1 aromatic rings. The molecule has 0 aliphatic heterocycles. The van der Waals surface area contributed by atoms with Crippen molar-refractivity contribution in [3.05, 3.63) is 34.4 Å². The molecule has 2 rings (SSSR count). The van der Waals surface area contributed by atoms with Crippen molar-refractivity contribution in [2.45, 2.75) is 58.1 Å². The highest BCUT2D eigenvalue weighted by Crippen LogP contribution is 2.28. The number of rotatable bonds is 4. The molecule has 0 saturated heterocycles. The molecule has 0 unspecified atom stereocenters. The third-order valence-corrected chi connectivity index (χ3v) is 3.89. The molecular formula is C17H23N3O5. The topological polar surface area (TPSA) is 105 Å². The Morgan fingerprint density at radius 3 is 2.28 bits per heavy atom. The van der Waals surface area contributed by atoms with E-state index < -0.39 is 11.0 Å². The SMILES string of the molecule is CC(C)(C)ON=C1CCC(N(C(=O)O)c2ccc([N+](=O)[O-])cc2)CC1. The molecule has 1 N–H and O–H groups in total. The Morgan fingerprint density at radius 2 is 1.84 bits per heavy atom. The summed E-state index contributed by atoms with van der Waals surface area (Å²) in [5.41, 5.74) is 0.955. The fourth-order valence-corrected chi connectivity index (χ4v) is 2.70. The summed E-state index contributed by atoms with van der Waals surface area (Å²) in [7, 11) is 0. The number of hydrogen-bond donors (Lipinski definition) is 1. The molecule has 1 aliphatic rings. The van der Waals surface area contributed by atoms with Gasteiger partial charge in [0.2, 0.25) is 0 Å². The fourth-order valence-electron chi connectivity index (χ4n) is 2.70. The Bertz CT molecular complexity index is 654. The number of benzene rings is 1. The van der Waals surface area contributed by atoms with E-state index in [9.17, 15) is 20.0 Å². The number of non-ortho nitro benzene ring substituents is 1. The molecule has 8 heteroatoms. The van der Waals surface area contributed by atoms with Gasteiger partial charge in [0.25, 0.3) is 5.69 Å². The van der Waals surface area contributed by atoms with Crippen molar-refractivity contribution in [2.24, 2.45) is 5.16 Å². The molecular weight excluding hydrogens is 326 g/mol. The van der Waals surface area contributed by atoms with Gasteiger partial charge in [-0.3, -0.25) is 15.0 Å². The minimum atomic E-state index is -1.06. The van der Waals surface area contributed by atoms with Gasteiger partial charge in [0.05, 0.1) is 10.6 Å². The number of carboxylic acid groups (broad SMARTS) is 1. The highest BCUT2D eigenvalue weighted by Gasteiger charge is 2.29. The zero-order valence-corrected chi connectivity index (χ0v) is 14.6. The lowest BCUT2D eigenvalue weighted by atomic mass is 9.92. The van der Waals surface area contributed by atoms with Gasteiger partial charge in [-0.15, -0.1) is 0 Å². The molecule has 0 heterocycles. The summed E-state index contributed by atoms with van der Waals surface area (Å²) in [4.78, 5) is 28.6. The first-order valence-corrected chi connectivity index (χ1v) is 8.18. The summed E-state index contributed by atoms with van der Waals surface area (Å²) in [5, 5.41) is 24.5. The van der Waals surface area contributed by atoms with Crippen LogP contribution in [0.25, 0.3) is 0 Å². The van der Waals surface area contributed by atoms with Gasteiger partial charge in [-0.25, -0.2) is 4.79 Å². The first-order chi connectivity index (χ1) is 11.7.